The quantitative estimate of drug-likeness (QED) is 0.802. The fourth-order valence-corrected chi connectivity index (χ4v) is 2.78. The minimum atomic E-state index is -0.122. The third-order valence-electron chi connectivity index (χ3n) is 3.35. The van der Waals surface area contributed by atoms with Crippen LogP contribution >= 0.6 is 27.5 Å². The van der Waals surface area contributed by atoms with Crippen LogP contribution in [0.4, 0.5) is 0 Å². The number of carbonyl (C=O) groups excluding carboxylic acids is 1. The molecule has 4 nitrogen and oxygen atoms in total. The smallest absolute Gasteiger partial charge is 0.254 e. The van der Waals surface area contributed by atoms with Crippen LogP contribution < -0.4 is 9.47 Å². The van der Waals surface area contributed by atoms with Gasteiger partial charge in [0.15, 0.2) is 11.5 Å². The summed E-state index contributed by atoms with van der Waals surface area (Å²) >= 11 is 9.51. The molecule has 0 atom stereocenters. The number of nitrogens with zero attached hydrogens (tertiary/aromatic N) is 1. The molecule has 1 aliphatic rings. The molecule has 0 aliphatic carbocycles. The van der Waals surface area contributed by atoms with Gasteiger partial charge in [-0.05, 0) is 29.8 Å². The van der Waals surface area contributed by atoms with Crippen molar-refractivity contribution in [3.05, 3.63) is 57.0 Å². The van der Waals surface area contributed by atoms with Gasteiger partial charge in [-0.1, -0.05) is 39.7 Å². The molecule has 0 aromatic heterocycles. The molecule has 0 bridgehead atoms. The highest BCUT2D eigenvalue weighted by atomic mass is 79.9. The van der Waals surface area contributed by atoms with E-state index < -0.39 is 0 Å². The van der Waals surface area contributed by atoms with E-state index in [0.717, 1.165) is 10.0 Å². The summed E-state index contributed by atoms with van der Waals surface area (Å²) in [6.45, 7) is 0.638. The molecule has 2 aromatic carbocycles. The number of amides is 1. The minimum Gasteiger partial charge on any atom is -0.454 e. The van der Waals surface area contributed by atoms with Gasteiger partial charge in [0.2, 0.25) is 6.79 Å². The molecule has 0 spiro atoms. The van der Waals surface area contributed by atoms with Crippen molar-refractivity contribution in [2.24, 2.45) is 0 Å². The van der Waals surface area contributed by atoms with E-state index in [1.165, 1.54) is 0 Å². The lowest BCUT2D eigenvalue weighted by atomic mass is 10.1. The summed E-state index contributed by atoms with van der Waals surface area (Å²) in [7, 11) is 1.75. The van der Waals surface area contributed by atoms with E-state index in [4.69, 9.17) is 21.1 Å². The topological polar surface area (TPSA) is 38.8 Å². The van der Waals surface area contributed by atoms with E-state index >= 15 is 0 Å². The third-order valence-corrected chi connectivity index (χ3v) is 4.16. The number of fused-ring (bicyclic) bond motifs is 1. The zero-order chi connectivity index (χ0) is 15.7. The summed E-state index contributed by atoms with van der Waals surface area (Å²) in [4.78, 5) is 14.2. The van der Waals surface area contributed by atoms with E-state index in [1.807, 2.05) is 24.3 Å². The lowest BCUT2D eigenvalue weighted by Crippen LogP contribution is -2.26. The molecule has 0 saturated heterocycles. The fraction of sp³-hybridized carbons (Fsp3) is 0.188. The Bertz CT molecular complexity index is 718. The van der Waals surface area contributed by atoms with E-state index in [2.05, 4.69) is 15.9 Å². The highest BCUT2D eigenvalue weighted by Gasteiger charge is 2.22. The molecule has 22 heavy (non-hydrogen) atoms. The first kappa shape index (κ1) is 15.2. The van der Waals surface area contributed by atoms with Crippen LogP contribution in [0.15, 0.2) is 40.9 Å². The third kappa shape index (κ3) is 3.05. The van der Waals surface area contributed by atoms with Crippen LogP contribution in [0.1, 0.15) is 15.9 Å². The van der Waals surface area contributed by atoms with Crippen LogP contribution in [0.25, 0.3) is 0 Å². The first-order valence-corrected chi connectivity index (χ1v) is 7.81. The molecule has 114 valence electrons. The van der Waals surface area contributed by atoms with Gasteiger partial charge in [-0.3, -0.25) is 4.79 Å². The number of hydrogen-bond acceptors (Lipinski definition) is 3. The van der Waals surface area contributed by atoms with Crippen LogP contribution in [-0.2, 0) is 6.54 Å². The Hall–Kier alpha value is -1.72. The Balaban J connectivity index is 1.78. The maximum Gasteiger partial charge on any atom is 0.254 e. The van der Waals surface area contributed by atoms with E-state index in [9.17, 15) is 4.79 Å². The number of benzene rings is 2. The van der Waals surface area contributed by atoms with Crippen molar-refractivity contribution >= 4 is 33.4 Å². The number of rotatable bonds is 3. The lowest BCUT2D eigenvalue weighted by molar-refractivity contribution is 0.0784. The number of carbonyl (C=O) groups is 1. The molecule has 3 rings (SSSR count). The molecule has 0 radical (unpaired) electrons. The molecule has 1 aliphatic heterocycles. The summed E-state index contributed by atoms with van der Waals surface area (Å²) in [6, 6.07) is 11.1. The summed E-state index contributed by atoms with van der Waals surface area (Å²) in [5.74, 6) is 0.879. The maximum atomic E-state index is 12.5. The zero-order valence-electron chi connectivity index (χ0n) is 11.8. The Morgan fingerprint density at radius 1 is 1.27 bits per heavy atom. The van der Waals surface area contributed by atoms with Gasteiger partial charge >= 0.3 is 0 Å². The Morgan fingerprint density at radius 2 is 2.00 bits per heavy atom. The molecule has 0 N–H and O–H groups in total. The summed E-state index contributed by atoms with van der Waals surface area (Å²) < 4.78 is 11.6. The maximum absolute atomic E-state index is 12.5. The summed E-state index contributed by atoms with van der Waals surface area (Å²) in [6.07, 6.45) is 0. The normalized spacial score (nSPS) is 12.3. The number of halogens is 2. The van der Waals surface area contributed by atoms with Gasteiger partial charge in [0, 0.05) is 23.6 Å². The molecule has 1 amide bonds. The first-order chi connectivity index (χ1) is 10.5. The minimum absolute atomic E-state index is 0.122. The number of hydrogen-bond donors (Lipinski definition) is 0. The molecule has 0 fully saturated rings. The van der Waals surface area contributed by atoms with Crippen molar-refractivity contribution in [1.29, 1.82) is 0 Å². The van der Waals surface area contributed by atoms with Crippen molar-refractivity contribution in [2.45, 2.75) is 6.54 Å². The van der Waals surface area contributed by atoms with Crippen molar-refractivity contribution < 1.29 is 14.3 Å². The molecular formula is C16H13BrClNO3. The molecule has 1 heterocycles. The highest BCUT2D eigenvalue weighted by Crippen LogP contribution is 2.40. The van der Waals surface area contributed by atoms with Crippen LogP contribution in [0.5, 0.6) is 11.5 Å². The van der Waals surface area contributed by atoms with E-state index in [0.29, 0.717) is 28.6 Å². The highest BCUT2D eigenvalue weighted by molar-refractivity contribution is 9.10. The molecular weight excluding hydrogens is 370 g/mol. The van der Waals surface area contributed by atoms with Gasteiger partial charge in [0.25, 0.3) is 5.91 Å². The van der Waals surface area contributed by atoms with Gasteiger partial charge in [-0.2, -0.15) is 0 Å². The molecule has 6 heteroatoms. The van der Waals surface area contributed by atoms with Crippen LogP contribution in [0, 0.1) is 0 Å². The molecule has 0 unspecified atom stereocenters. The van der Waals surface area contributed by atoms with Gasteiger partial charge < -0.3 is 14.4 Å². The summed E-state index contributed by atoms with van der Waals surface area (Å²) in [5, 5.41) is 0.385. The Labute approximate surface area is 141 Å². The van der Waals surface area contributed by atoms with Gasteiger partial charge in [0.1, 0.15) is 0 Å². The van der Waals surface area contributed by atoms with Gasteiger partial charge in [-0.25, -0.2) is 0 Å². The van der Waals surface area contributed by atoms with E-state index in [-0.39, 0.29) is 12.7 Å². The predicted molar refractivity (Wildman–Crippen MR) is 87.5 cm³/mol. The average molecular weight is 383 g/mol. The second kappa shape index (κ2) is 6.18. The second-order valence-electron chi connectivity index (χ2n) is 4.98. The van der Waals surface area contributed by atoms with Crippen molar-refractivity contribution in [2.75, 3.05) is 13.8 Å². The summed E-state index contributed by atoms with van der Waals surface area (Å²) in [5.41, 5.74) is 1.53. The second-order valence-corrected chi connectivity index (χ2v) is 6.30. The number of ether oxygens (including phenoxy) is 2. The zero-order valence-corrected chi connectivity index (χ0v) is 14.1. The van der Waals surface area contributed by atoms with Crippen molar-refractivity contribution in [3.63, 3.8) is 0 Å². The van der Waals surface area contributed by atoms with Gasteiger partial charge in [-0.15, -0.1) is 0 Å². The monoisotopic (exact) mass is 381 g/mol. The van der Waals surface area contributed by atoms with Crippen LogP contribution in [0.3, 0.4) is 0 Å². The standard InChI is InChI=1S/C16H13BrClNO3/c1-19(8-10-2-4-12(17)5-3-10)16(20)11-6-13(18)15-14(7-11)21-9-22-15/h2-7H,8-9H2,1H3. The Morgan fingerprint density at radius 3 is 2.73 bits per heavy atom. The molecule has 2 aromatic rings. The van der Waals surface area contributed by atoms with Crippen LogP contribution in [-0.4, -0.2) is 24.6 Å². The largest absolute Gasteiger partial charge is 0.454 e. The SMILES string of the molecule is CN(Cc1ccc(Br)cc1)C(=O)c1cc(Cl)c2c(c1)OCO2. The predicted octanol–water partition coefficient (Wildman–Crippen LogP) is 4.10. The van der Waals surface area contributed by atoms with Crippen LogP contribution in [0.2, 0.25) is 5.02 Å². The van der Waals surface area contributed by atoms with Crippen molar-refractivity contribution in [3.8, 4) is 11.5 Å². The fourth-order valence-electron chi connectivity index (χ4n) is 2.25. The lowest BCUT2D eigenvalue weighted by Gasteiger charge is -2.18. The Kier molecular flexibility index (Phi) is 4.27. The van der Waals surface area contributed by atoms with Gasteiger partial charge in [0.05, 0.1) is 5.02 Å². The van der Waals surface area contributed by atoms with Crippen molar-refractivity contribution in [1.82, 2.24) is 4.90 Å². The van der Waals surface area contributed by atoms with E-state index in [1.54, 1.807) is 24.1 Å². The first-order valence-electron chi connectivity index (χ1n) is 6.63. The molecule has 0 saturated carbocycles. The average Bonchev–Trinajstić information content (AvgIpc) is 2.97.